The predicted octanol–water partition coefficient (Wildman–Crippen LogP) is 2.68. The number of carbonyl (C=O) groups is 2. The van der Waals surface area contributed by atoms with Gasteiger partial charge in [0.05, 0.1) is 13.2 Å². The van der Waals surface area contributed by atoms with Crippen LogP contribution in [0.4, 0.5) is 0 Å². The van der Waals surface area contributed by atoms with Gasteiger partial charge in [0, 0.05) is 11.1 Å². The summed E-state index contributed by atoms with van der Waals surface area (Å²) in [5, 5.41) is 0. The van der Waals surface area contributed by atoms with Gasteiger partial charge in [0.15, 0.2) is 0 Å². The SMILES string of the molecule is C=C(C)C(=O)OCCO[Si](C)(C)O[Si](C)(C)OCCOC(=O)C(=C)C. The van der Waals surface area contributed by atoms with Gasteiger partial charge in [-0.1, -0.05) is 13.2 Å². The van der Waals surface area contributed by atoms with Crippen molar-refractivity contribution in [3.63, 3.8) is 0 Å². The van der Waals surface area contributed by atoms with Crippen LogP contribution in [-0.2, 0) is 32.0 Å². The summed E-state index contributed by atoms with van der Waals surface area (Å²) in [5.74, 6) is -0.877. The molecule has 0 spiro atoms. The monoisotopic (exact) mass is 390 g/mol. The number of carbonyl (C=O) groups excluding carboxylic acids is 2. The largest absolute Gasteiger partial charge is 0.460 e. The summed E-state index contributed by atoms with van der Waals surface area (Å²) in [4.78, 5) is 22.6. The van der Waals surface area contributed by atoms with E-state index in [2.05, 4.69) is 13.2 Å². The molecule has 144 valence electrons. The van der Waals surface area contributed by atoms with Crippen LogP contribution >= 0.6 is 0 Å². The second-order valence-corrected chi connectivity index (χ2v) is 13.4. The fourth-order valence-electron chi connectivity index (χ4n) is 1.74. The average molecular weight is 391 g/mol. The minimum atomic E-state index is -2.44. The van der Waals surface area contributed by atoms with E-state index in [9.17, 15) is 9.59 Å². The van der Waals surface area contributed by atoms with Gasteiger partial charge in [-0.3, -0.25) is 0 Å². The van der Waals surface area contributed by atoms with Crippen molar-refractivity contribution < 1.29 is 32.0 Å². The van der Waals surface area contributed by atoms with E-state index in [4.69, 9.17) is 22.4 Å². The van der Waals surface area contributed by atoms with Crippen molar-refractivity contribution in [2.24, 2.45) is 0 Å². The van der Waals surface area contributed by atoms with Crippen molar-refractivity contribution in [3.8, 4) is 0 Å². The van der Waals surface area contributed by atoms with Gasteiger partial charge in [0.25, 0.3) is 0 Å². The van der Waals surface area contributed by atoms with Crippen molar-refractivity contribution in [2.45, 2.75) is 40.0 Å². The Morgan fingerprint density at radius 1 is 0.720 bits per heavy atom. The molecule has 0 rings (SSSR count). The Kier molecular flexibility index (Phi) is 10.1. The smallest absolute Gasteiger partial charge is 0.333 e. The van der Waals surface area contributed by atoms with Crippen LogP contribution in [0.15, 0.2) is 24.3 Å². The summed E-state index contributed by atoms with van der Waals surface area (Å²) in [6.45, 7) is 18.6. The maximum absolute atomic E-state index is 11.3. The van der Waals surface area contributed by atoms with Crippen LogP contribution in [-0.4, -0.2) is 55.5 Å². The summed E-state index contributed by atoms with van der Waals surface area (Å²) in [7, 11) is -4.87. The normalized spacial score (nSPS) is 11.8. The first-order valence-corrected chi connectivity index (χ1v) is 13.6. The molecule has 0 aromatic rings. The highest BCUT2D eigenvalue weighted by molar-refractivity contribution is 6.78. The molecular weight excluding hydrogens is 360 g/mol. The van der Waals surface area contributed by atoms with E-state index < -0.39 is 29.1 Å². The van der Waals surface area contributed by atoms with Crippen molar-refractivity contribution >= 4 is 29.1 Å². The van der Waals surface area contributed by atoms with E-state index in [0.717, 1.165) is 0 Å². The lowest BCUT2D eigenvalue weighted by molar-refractivity contribution is -0.140. The molecule has 0 saturated heterocycles. The predicted molar refractivity (Wildman–Crippen MR) is 99.5 cm³/mol. The summed E-state index contributed by atoms with van der Waals surface area (Å²) < 4.78 is 27.5. The van der Waals surface area contributed by atoms with E-state index in [-0.39, 0.29) is 26.4 Å². The Balaban J connectivity index is 4.14. The molecule has 0 radical (unpaired) electrons. The van der Waals surface area contributed by atoms with Crippen molar-refractivity contribution in [1.29, 1.82) is 0 Å². The molecule has 0 N–H and O–H groups in total. The molecule has 0 unspecified atom stereocenters. The molecule has 0 atom stereocenters. The molecule has 25 heavy (non-hydrogen) atoms. The molecule has 0 fully saturated rings. The molecule has 0 saturated carbocycles. The Hall–Kier alpha value is -1.27. The minimum Gasteiger partial charge on any atom is -0.460 e. The van der Waals surface area contributed by atoms with Crippen LogP contribution < -0.4 is 0 Å². The zero-order chi connectivity index (χ0) is 19.7. The fraction of sp³-hybridized carbons (Fsp3) is 0.625. The molecule has 7 nitrogen and oxygen atoms in total. The number of rotatable bonds is 12. The Morgan fingerprint density at radius 2 is 1.04 bits per heavy atom. The fourth-order valence-corrected chi connectivity index (χ4v) is 8.10. The van der Waals surface area contributed by atoms with Gasteiger partial charge in [-0.15, -0.1) is 0 Å². The van der Waals surface area contributed by atoms with E-state index in [0.29, 0.717) is 11.1 Å². The molecule has 0 amide bonds. The van der Waals surface area contributed by atoms with Gasteiger partial charge in [0.2, 0.25) is 0 Å². The second kappa shape index (κ2) is 10.7. The summed E-state index contributed by atoms with van der Waals surface area (Å²) in [6, 6.07) is 0. The Morgan fingerprint density at radius 3 is 1.32 bits per heavy atom. The quantitative estimate of drug-likeness (QED) is 0.219. The zero-order valence-corrected chi connectivity index (χ0v) is 18.1. The van der Waals surface area contributed by atoms with Crippen LogP contribution in [0.3, 0.4) is 0 Å². The Labute approximate surface area is 152 Å². The van der Waals surface area contributed by atoms with Gasteiger partial charge in [-0.2, -0.15) is 0 Å². The number of ether oxygens (including phenoxy) is 2. The van der Waals surface area contributed by atoms with Gasteiger partial charge in [-0.05, 0) is 40.0 Å². The average Bonchev–Trinajstić information content (AvgIpc) is 2.46. The summed E-state index contributed by atoms with van der Waals surface area (Å²) in [5.41, 5.74) is 0.698. The molecule has 0 heterocycles. The summed E-state index contributed by atoms with van der Waals surface area (Å²) in [6.07, 6.45) is 0. The topological polar surface area (TPSA) is 80.3 Å². The van der Waals surface area contributed by atoms with Gasteiger partial charge < -0.3 is 22.4 Å². The van der Waals surface area contributed by atoms with Crippen LogP contribution in [0.1, 0.15) is 13.8 Å². The minimum absolute atomic E-state index is 0.144. The second-order valence-electron chi connectivity index (χ2n) is 6.43. The zero-order valence-electron chi connectivity index (χ0n) is 16.1. The summed E-state index contributed by atoms with van der Waals surface area (Å²) >= 11 is 0. The maximum atomic E-state index is 11.3. The third-order valence-electron chi connectivity index (χ3n) is 2.72. The standard InChI is InChI=1S/C16H30O7Si2/c1-13(2)15(17)19-9-11-21-24(5,6)23-25(7,8)22-12-10-20-16(18)14(3)4/h1,3,9-12H2,2,4-8H3. The molecule has 0 bridgehead atoms. The van der Waals surface area contributed by atoms with E-state index in [1.807, 2.05) is 26.2 Å². The highest BCUT2D eigenvalue weighted by Gasteiger charge is 2.36. The van der Waals surface area contributed by atoms with Crippen LogP contribution in [0, 0.1) is 0 Å². The van der Waals surface area contributed by atoms with Crippen LogP contribution in [0.2, 0.25) is 26.2 Å². The van der Waals surface area contributed by atoms with Crippen molar-refractivity contribution in [1.82, 2.24) is 0 Å². The van der Waals surface area contributed by atoms with Crippen LogP contribution in [0.5, 0.6) is 0 Å². The first-order valence-electron chi connectivity index (χ1n) is 7.99. The Bertz CT molecular complexity index is 457. The molecule has 0 aliphatic rings. The lowest BCUT2D eigenvalue weighted by Crippen LogP contribution is -2.49. The number of hydrogen-bond acceptors (Lipinski definition) is 7. The molecule has 0 aromatic heterocycles. The first kappa shape index (κ1) is 23.7. The maximum Gasteiger partial charge on any atom is 0.333 e. The first-order chi connectivity index (χ1) is 11.4. The molecule has 0 aromatic carbocycles. The third-order valence-corrected chi connectivity index (χ3v) is 8.45. The highest BCUT2D eigenvalue weighted by atomic mass is 28.5. The third kappa shape index (κ3) is 11.8. The molecular formula is C16H30O7Si2. The number of hydrogen-bond donors (Lipinski definition) is 0. The highest BCUT2D eigenvalue weighted by Crippen LogP contribution is 2.16. The molecule has 9 heteroatoms. The van der Waals surface area contributed by atoms with E-state index in [1.165, 1.54) is 0 Å². The lowest BCUT2D eigenvalue weighted by atomic mass is 10.4. The van der Waals surface area contributed by atoms with Crippen molar-refractivity contribution in [2.75, 3.05) is 26.4 Å². The van der Waals surface area contributed by atoms with Gasteiger partial charge in [0.1, 0.15) is 13.2 Å². The molecule has 0 aliphatic carbocycles. The lowest BCUT2D eigenvalue weighted by Gasteiger charge is -2.32. The van der Waals surface area contributed by atoms with Gasteiger partial charge >= 0.3 is 29.1 Å². The number of esters is 2. The van der Waals surface area contributed by atoms with E-state index >= 15 is 0 Å². The van der Waals surface area contributed by atoms with Crippen LogP contribution in [0.25, 0.3) is 0 Å². The van der Waals surface area contributed by atoms with Crippen molar-refractivity contribution in [3.05, 3.63) is 24.3 Å². The van der Waals surface area contributed by atoms with E-state index in [1.54, 1.807) is 13.8 Å². The molecule has 0 aliphatic heterocycles. The van der Waals surface area contributed by atoms with Gasteiger partial charge in [-0.25, -0.2) is 9.59 Å².